The summed E-state index contributed by atoms with van der Waals surface area (Å²) in [4.78, 5) is 43.8. The van der Waals surface area contributed by atoms with E-state index in [0.717, 1.165) is 45.0 Å². The molecule has 2 fully saturated rings. The Morgan fingerprint density at radius 3 is 1.46 bits per heavy atom. The molecule has 2 saturated heterocycles. The van der Waals surface area contributed by atoms with Crippen LogP contribution in [0.2, 0.25) is 0 Å². The van der Waals surface area contributed by atoms with Gasteiger partial charge in [-0.2, -0.15) is 0 Å². The van der Waals surface area contributed by atoms with E-state index in [1.807, 2.05) is 38.8 Å². The fraction of sp³-hybridized carbons (Fsp3) is 0.588. The number of carbonyl (C=O) groups is 2. The molecule has 2 aliphatic heterocycles. The molecule has 278 valence electrons. The molecule has 50 heavy (non-hydrogen) atoms. The molecule has 4 rings (SSSR count). The van der Waals surface area contributed by atoms with Gasteiger partial charge in [0.2, 0.25) is 0 Å². The minimum Gasteiger partial charge on any atom is -0.494 e. The minimum absolute atomic E-state index is 0.0820. The smallest absolute Gasteiger partial charge is 0.412 e. The topological polar surface area (TPSA) is 177 Å². The van der Waals surface area contributed by atoms with Crippen LogP contribution in [0.15, 0.2) is 24.3 Å². The number of rotatable bonds is 7. The van der Waals surface area contributed by atoms with Crippen molar-refractivity contribution in [1.29, 1.82) is 0 Å². The molecule has 0 saturated carbocycles. The Balaban J connectivity index is 0.000000271. The van der Waals surface area contributed by atoms with Gasteiger partial charge in [0.15, 0.2) is 0 Å². The monoisotopic (exact) mass is 702 g/mol. The fourth-order valence-electron chi connectivity index (χ4n) is 5.27. The number of hydrogen-bond donors (Lipinski definition) is 3. The van der Waals surface area contributed by atoms with Gasteiger partial charge in [-0.1, -0.05) is 0 Å². The van der Waals surface area contributed by atoms with Gasteiger partial charge in [0, 0.05) is 70.6 Å². The number of anilines is 5. The molecule has 0 radical (unpaired) electrons. The van der Waals surface area contributed by atoms with Gasteiger partial charge in [0.05, 0.1) is 41.9 Å². The number of nitrogen functional groups attached to an aromatic ring is 1. The number of amides is 2. The van der Waals surface area contributed by atoms with E-state index < -0.39 is 28.3 Å². The number of nitrogens with zero attached hydrogens (tertiary/aromatic N) is 5. The quantitative estimate of drug-likeness (QED) is 0.198. The van der Waals surface area contributed by atoms with Crippen molar-refractivity contribution < 1.29 is 33.5 Å². The van der Waals surface area contributed by atoms with E-state index in [1.165, 1.54) is 13.2 Å². The zero-order valence-electron chi connectivity index (χ0n) is 31.0. The number of nitro benzene ring substituents is 1. The Kier molecular flexibility index (Phi) is 13.4. The van der Waals surface area contributed by atoms with Crippen LogP contribution in [-0.4, -0.2) is 119 Å². The maximum absolute atomic E-state index is 12.0. The van der Waals surface area contributed by atoms with Gasteiger partial charge in [-0.05, 0) is 61.7 Å². The fourth-order valence-corrected chi connectivity index (χ4v) is 5.27. The van der Waals surface area contributed by atoms with Crippen molar-refractivity contribution in [2.45, 2.75) is 52.7 Å². The molecular formula is C34H54N8O8. The van der Waals surface area contributed by atoms with Crippen LogP contribution >= 0.6 is 0 Å². The maximum Gasteiger partial charge on any atom is 0.412 e. The predicted molar refractivity (Wildman–Crippen MR) is 196 cm³/mol. The van der Waals surface area contributed by atoms with Crippen molar-refractivity contribution >= 4 is 46.3 Å². The third-order valence-corrected chi connectivity index (χ3v) is 7.80. The normalized spacial score (nSPS) is 15.7. The number of nitro groups is 1. The number of nitrogens with two attached hydrogens (primary N) is 1. The molecule has 2 aliphatic rings. The van der Waals surface area contributed by atoms with Crippen LogP contribution < -0.4 is 35.6 Å². The predicted octanol–water partition coefficient (Wildman–Crippen LogP) is 5.08. The Hall–Kier alpha value is -4.70. The van der Waals surface area contributed by atoms with E-state index in [9.17, 15) is 19.7 Å². The van der Waals surface area contributed by atoms with Crippen LogP contribution in [0.1, 0.15) is 41.5 Å². The van der Waals surface area contributed by atoms with Crippen LogP contribution in [0.5, 0.6) is 11.5 Å². The lowest BCUT2D eigenvalue weighted by molar-refractivity contribution is -0.384. The van der Waals surface area contributed by atoms with Crippen molar-refractivity contribution in [3.8, 4) is 11.5 Å². The van der Waals surface area contributed by atoms with E-state index in [1.54, 1.807) is 40.0 Å². The third-order valence-electron chi connectivity index (χ3n) is 7.80. The molecule has 16 nitrogen and oxygen atoms in total. The van der Waals surface area contributed by atoms with Crippen LogP contribution in [0.4, 0.5) is 43.7 Å². The zero-order valence-corrected chi connectivity index (χ0v) is 31.0. The molecule has 2 amide bonds. The second kappa shape index (κ2) is 16.8. The molecule has 16 heteroatoms. The van der Waals surface area contributed by atoms with Crippen molar-refractivity contribution in [1.82, 2.24) is 9.80 Å². The summed E-state index contributed by atoms with van der Waals surface area (Å²) in [6, 6.07) is 6.50. The summed E-state index contributed by atoms with van der Waals surface area (Å²) >= 11 is 0. The van der Waals surface area contributed by atoms with Gasteiger partial charge in [0.1, 0.15) is 28.4 Å². The molecule has 0 aromatic heterocycles. The summed E-state index contributed by atoms with van der Waals surface area (Å²) in [7, 11) is 7.14. The van der Waals surface area contributed by atoms with E-state index in [4.69, 9.17) is 24.7 Å². The van der Waals surface area contributed by atoms with Crippen molar-refractivity contribution in [3.63, 3.8) is 0 Å². The number of ether oxygens (including phenoxy) is 4. The third kappa shape index (κ3) is 11.7. The van der Waals surface area contributed by atoms with Gasteiger partial charge in [-0.25, -0.2) is 9.59 Å². The summed E-state index contributed by atoms with van der Waals surface area (Å²) < 4.78 is 21.2. The second-order valence-electron chi connectivity index (χ2n) is 14.2. The number of benzene rings is 2. The summed E-state index contributed by atoms with van der Waals surface area (Å²) in [5.41, 5.74) is 7.60. The van der Waals surface area contributed by atoms with Gasteiger partial charge < -0.3 is 44.3 Å². The minimum atomic E-state index is -0.697. The highest BCUT2D eigenvalue weighted by Gasteiger charge is 2.27. The average molecular weight is 703 g/mol. The first-order valence-corrected chi connectivity index (χ1v) is 16.5. The van der Waals surface area contributed by atoms with E-state index >= 15 is 0 Å². The van der Waals surface area contributed by atoms with Gasteiger partial charge >= 0.3 is 12.2 Å². The van der Waals surface area contributed by atoms with E-state index in [-0.39, 0.29) is 11.4 Å². The van der Waals surface area contributed by atoms with E-state index in [2.05, 4.69) is 32.4 Å². The van der Waals surface area contributed by atoms with Crippen LogP contribution in [0, 0.1) is 10.1 Å². The summed E-state index contributed by atoms with van der Waals surface area (Å²) in [6.07, 6.45) is -1.23. The molecule has 0 atom stereocenters. The number of piperazine rings is 2. The molecular weight excluding hydrogens is 648 g/mol. The molecule has 0 spiro atoms. The molecule has 2 aromatic carbocycles. The summed E-state index contributed by atoms with van der Waals surface area (Å²) in [6.45, 7) is 17.4. The highest BCUT2D eigenvalue weighted by molar-refractivity contribution is 5.91. The molecule has 4 N–H and O–H groups in total. The van der Waals surface area contributed by atoms with Gasteiger partial charge in [-0.15, -0.1) is 0 Å². The number of nitrogens with one attached hydrogen (secondary N) is 2. The first-order chi connectivity index (χ1) is 23.3. The molecule has 2 aromatic rings. The highest BCUT2D eigenvalue weighted by Crippen LogP contribution is 2.39. The summed E-state index contributed by atoms with van der Waals surface area (Å²) in [5.74, 6) is 0.902. The number of methoxy groups -OCH3 is 2. The Morgan fingerprint density at radius 1 is 0.700 bits per heavy atom. The van der Waals surface area contributed by atoms with Crippen LogP contribution in [0.3, 0.4) is 0 Å². The first kappa shape index (κ1) is 39.7. The molecule has 0 aliphatic carbocycles. The SMILES string of the molecule is COc1cc(N2CCN(C)CC2)c(N)cc1NC(=O)OC(C)(C)C.COc1cc(N2CCN(C)CC2)c([N+](=O)[O-])cc1NC(=O)OC(C)(C)C. The Morgan fingerprint density at radius 2 is 1.08 bits per heavy atom. The number of likely N-dealkylation sites (N-methyl/N-ethyl adjacent to an activating group) is 2. The lowest BCUT2D eigenvalue weighted by atomic mass is 10.1. The zero-order chi connectivity index (χ0) is 37.4. The average Bonchev–Trinajstić information content (AvgIpc) is 3.00. The van der Waals surface area contributed by atoms with Gasteiger partial charge in [-0.3, -0.25) is 20.7 Å². The van der Waals surface area contributed by atoms with Crippen molar-refractivity contribution in [2.75, 3.05) is 107 Å². The van der Waals surface area contributed by atoms with Crippen molar-refractivity contribution in [3.05, 3.63) is 34.4 Å². The lowest BCUT2D eigenvalue weighted by Gasteiger charge is -2.35. The van der Waals surface area contributed by atoms with E-state index in [0.29, 0.717) is 41.7 Å². The van der Waals surface area contributed by atoms with Crippen molar-refractivity contribution in [2.24, 2.45) is 0 Å². The largest absolute Gasteiger partial charge is 0.494 e. The molecule has 0 bridgehead atoms. The van der Waals surface area contributed by atoms with Crippen LogP contribution in [0.25, 0.3) is 0 Å². The summed E-state index contributed by atoms with van der Waals surface area (Å²) in [5, 5.41) is 16.8. The van der Waals surface area contributed by atoms with Gasteiger partial charge in [0.25, 0.3) is 5.69 Å². The second-order valence-corrected chi connectivity index (χ2v) is 14.2. The first-order valence-electron chi connectivity index (χ1n) is 16.5. The number of carbonyl (C=O) groups excluding carboxylic acids is 2. The molecule has 0 unspecified atom stereocenters. The number of hydrogen-bond acceptors (Lipinski definition) is 13. The van der Waals surface area contributed by atoms with Crippen LogP contribution in [-0.2, 0) is 9.47 Å². The lowest BCUT2D eigenvalue weighted by Crippen LogP contribution is -2.44. The maximum atomic E-state index is 12.0. The molecule has 2 heterocycles. The highest BCUT2D eigenvalue weighted by atomic mass is 16.6. The Labute approximate surface area is 294 Å². The Bertz CT molecular complexity index is 1490. The standard InChI is InChI=1S/C17H26N4O5.C17H28N4O3/c1-17(2,3)26-16(22)18-12-10-14(21(23)24)13(11-15(12)25-5)20-8-6-19(4)7-9-20;1-17(2,3)24-16(22)19-13-10-12(18)14(11-15(13)23-5)21-8-6-20(4)7-9-21/h10-11H,6-9H2,1-5H3,(H,18,22);10-11H,6-9,18H2,1-5H3,(H,19,22).